The molecular weight excluding hydrogens is 434 g/mol. The lowest BCUT2D eigenvalue weighted by Crippen LogP contribution is -2.54. The number of rotatable bonds is 9. The number of carboxylic acid groups (broad SMARTS) is 3. The number of aliphatic hydroxyl groups is 1. The fourth-order valence-electron chi connectivity index (χ4n) is 3.83. The van der Waals surface area contributed by atoms with Gasteiger partial charge in [0.1, 0.15) is 5.41 Å². The molecule has 1 aromatic rings. The standard InChI is InChI=1S/C17H23NO2.C6H8O7/c1-4-20-16(19)17(14-10-6-5-7-11-14)13-9-8-12-15(17)18(2)3;7-3(8)1-6(13,5(11)12)2-4(9)10/h5-8,10-12,15H,4,9,13H2,1-3H3;13H,1-2H2,(H,7,8)(H,9,10)(H,11,12)/t15-,17+;/m1./s1. The highest BCUT2D eigenvalue weighted by Gasteiger charge is 2.49. The molecule has 0 fully saturated rings. The number of esters is 1. The first-order valence-corrected chi connectivity index (χ1v) is 10.4. The predicted molar refractivity (Wildman–Crippen MR) is 118 cm³/mol. The Morgan fingerprint density at radius 1 is 1.06 bits per heavy atom. The van der Waals surface area contributed by atoms with Gasteiger partial charge in [-0.3, -0.25) is 14.4 Å². The normalized spacial score (nSPS) is 19.8. The van der Waals surface area contributed by atoms with E-state index in [2.05, 4.69) is 17.1 Å². The van der Waals surface area contributed by atoms with Crippen LogP contribution in [-0.2, 0) is 29.3 Å². The zero-order valence-electron chi connectivity index (χ0n) is 18.9. The lowest BCUT2D eigenvalue weighted by molar-refractivity contribution is -0.170. The average molecular weight is 465 g/mol. The van der Waals surface area contributed by atoms with E-state index in [9.17, 15) is 19.2 Å². The summed E-state index contributed by atoms with van der Waals surface area (Å²) in [4.78, 5) is 45.3. The smallest absolute Gasteiger partial charge is 0.336 e. The highest BCUT2D eigenvalue weighted by atomic mass is 16.5. The molecule has 0 heterocycles. The summed E-state index contributed by atoms with van der Waals surface area (Å²) in [7, 11) is 4.02. The monoisotopic (exact) mass is 465 g/mol. The Bertz CT molecular complexity index is 850. The second-order valence-corrected chi connectivity index (χ2v) is 7.91. The maximum Gasteiger partial charge on any atom is 0.336 e. The minimum Gasteiger partial charge on any atom is -0.481 e. The van der Waals surface area contributed by atoms with Crippen molar-refractivity contribution in [2.45, 2.75) is 49.7 Å². The summed E-state index contributed by atoms with van der Waals surface area (Å²) in [6.45, 7) is 2.28. The van der Waals surface area contributed by atoms with E-state index in [4.69, 9.17) is 25.2 Å². The Hall–Kier alpha value is -3.24. The third kappa shape index (κ3) is 7.13. The van der Waals surface area contributed by atoms with Crippen LogP contribution >= 0.6 is 0 Å². The van der Waals surface area contributed by atoms with Gasteiger partial charge in [0.15, 0.2) is 5.60 Å². The molecule has 10 heteroatoms. The largest absolute Gasteiger partial charge is 0.481 e. The van der Waals surface area contributed by atoms with E-state index in [1.54, 1.807) is 0 Å². The molecule has 0 aromatic heterocycles. The van der Waals surface area contributed by atoms with Crippen LogP contribution in [0.3, 0.4) is 0 Å². The second kappa shape index (κ2) is 12.1. The number of aliphatic carboxylic acids is 3. The zero-order chi connectivity index (χ0) is 25.2. The number of carbonyl (C=O) groups is 4. The summed E-state index contributed by atoms with van der Waals surface area (Å²) in [6.07, 6.45) is 3.69. The van der Waals surface area contributed by atoms with Crippen molar-refractivity contribution in [1.29, 1.82) is 0 Å². The van der Waals surface area contributed by atoms with Crippen molar-refractivity contribution in [3.63, 3.8) is 0 Å². The molecule has 4 N–H and O–H groups in total. The van der Waals surface area contributed by atoms with E-state index in [0.717, 1.165) is 18.4 Å². The van der Waals surface area contributed by atoms with Crippen molar-refractivity contribution in [1.82, 2.24) is 4.90 Å². The number of ether oxygens (including phenoxy) is 1. The maximum absolute atomic E-state index is 12.8. The fourth-order valence-corrected chi connectivity index (χ4v) is 3.83. The van der Waals surface area contributed by atoms with Crippen molar-refractivity contribution in [3.05, 3.63) is 48.0 Å². The molecule has 0 saturated heterocycles. The molecule has 1 aromatic carbocycles. The number of allylic oxidation sites excluding steroid dienone is 1. The highest BCUT2D eigenvalue weighted by Crippen LogP contribution is 2.40. The van der Waals surface area contributed by atoms with Crippen molar-refractivity contribution >= 4 is 23.9 Å². The number of nitrogens with zero attached hydrogens (tertiary/aromatic N) is 1. The van der Waals surface area contributed by atoms with Crippen LogP contribution in [0.4, 0.5) is 0 Å². The minimum atomic E-state index is -2.74. The summed E-state index contributed by atoms with van der Waals surface area (Å²) in [5, 5.41) is 33.8. The number of carboxylic acids is 3. The van der Waals surface area contributed by atoms with E-state index < -0.39 is 41.8 Å². The van der Waals surface area contributed by atoms with Crippen LogP contribution in [0.15, 0.2) is 42.5 Å². The van der Waals surface area contributed by atoms with Gasteiger partial charge in [-0.15, -0.1) is 0 Å². The van der Waals surface area contributed by atoms with Gasteiger partial charge in [0.25, 0.3) is 0 Å². The van der Waals surface area contributed by atoms with Gasteiger partial charge >= 0.3 is 23.9 Å². The quantitative estimate of drug-likeness (QED) is 0.311. The molecule has 0 saturated carbocycles. The van der Waals surface area contributed by atoms with Crippen molar-refractivity contribution < 1.29 is 44.3 Å². The summed E-state index contributed by atoms with van der Waals surface area (Å²) >= 11 is 0. The van der Waals surface area contributed by atoms with Crippen LogP contribution in [-0.4, -0.2) is 81.5 Å². The Morgan fingerprint density at radius 2 is 1.61 bits per heavy atom. The molecular formula is C23H31NO9. The first-order chi connectivity index (χ1) is 15.4. The number of hydrogen-bond acceptors (Lipinski definition) is 7. The van der Waals surface area contributed by atoms with Gasteiger partial charge in [-0.2, -0.15) is 0 Å². The third-order valence-electron chi connectivity index (χ3n) is 5.30. The molecule has 2 rings (SSSR count). The Labute approximate surface area is 192 Å². The molecule has 182 valence electrons. The predicted octanol–water partition coefficient (Wildman–Crippen LogP) is 1.52. The van der Waals surface area contributed by atoms with Crippen LogP contribution in [0.1, 0.15) is 38.2 Å². The van der Waals surface area contributed by atoms with Crippen LogP contribution < -0.4 is 0 Å². The van der Waals surface area contributed by atoms with Crippen LogP contribution in [0.5, 0.6) is 0 Å². The summed E-state index contributed by atoms with van der Waals surface area (Å²) < 4.78 is 5.42. The van der Waals surface area contributed by atoms with Gasteiger partial charge in [0, 0.05) is 6.04 Å². The molecule has 33 heavy (non-hydrogen) atoms. The first-order valence-electron chi connectivity index (χ1n) is 10.4. The molecule has 1 aliphatic rings. The topological polar surface area (TPSA) is 162 Å². The van der Waals surface area contributed by atoms with Crippen LogP contribution in [0.2, 0.25) is 0 Å². The van der Waals surface area contributed by atoms with Crippen molar-refractivity contribution in [2.24, 2.45) is 0 Å². The molecule has 0 bridgehead atoms. The number of benzene rings is 1. The summed E-state index contributed by atoms with van der Waals surface area (Å²) in [5.74, 6) is -5.14. The number of hydrogen-bond donors (Lipinski definition) is 4. The van der Waals surface area contributed by atoms with Gasteiger partial charge in [-0.25, -0.2) is 4.79 Å². The lowest BCUT2D eigenvalue weighted by atomic mass is 9.68. The second-order valence-electron chi connectivity index (χ2n) is 7.91. The lowest BCUT2D eigenvalue weighted by Gasteiger charge is -2.42. The van der Waals surface area contributed by atoms with E-state index >= 15 is 0 Å². The average Bonchev–Trinajstić information content (AvgIpc) is 2.73. The Morgan fingerprint density at radius 3 is 2.03 bits per heavy atom. The maximum atomic E-state index is 12.8. The van der Waals surface area contributed by atoms with E-state index in [0.29, 0.717) is 6.61 Å². The van der Waals surface area contributed by atoms with Crippen molar-refractivity contribution in [2.75, 3.05) is 20.7 Å². The molecule has 2 atom stereocenters. The van der Waals surface area contributed by atoms with E-state index in [1.807, 2.05) is 51.4 Å². The molecule has 0 amide bonds. The van der Waals surface area contributed by atoms with Crippen LogP contribution in [0.25, 0.3) is 0 Å². The van der Waals surface area contributed by atoms with Gasteiger partial charge in [-0.1, -0.05) is 42.5 Å². The molecule has 0 spiro atoms. The fraction of sp³-hybridized carbons (Fsp3) is 0.478. The van der Waals surface area contributed by atoms with Gasteiger partial charge in [0.05, 0.1) is 19.4 Å². The number of likely N-dealkylation sites (N-methyl/N-ethyl adjacent to an activating group) is 1. The highest BCUT2D eigenvalue weighted by molar-refractivity contribution is 5.88. The summed E-state index contributed by atoms with van der Waals surface area (Å²) in [5.41, 5.74) is -2.30. The summed E-state index contributed by atoms with van der Waals surface area (Å²) in [6, 6.07) is 10.0. The van der Waals surface area contributed by atoms with Gasteiger partial charge in [0.2, 0.25) is 0 Å². The Kier molecular flexibility index (Phi) is 10.2. The van der Waals surface area contributed by atoms with E-state index in [-0.39, 0.29) is 12.0 Å². The number of carbonyl (C=O) groups excluding carboxylic acids is 1. The first kappa shape index (κ1) is 27.8. The van der Waals surface area contributed by atoms with Crippen molar-refractivity contribution in [3.8, 4) is 0 Å². The molecule has 10 nitrogen and oxygen atoms in total. The molecule has 0 unspecified atom stereocenters. The Balaban J connectivity index is 0.000000366. The van der Waals surface area contributed by atoms with E-state index in [1.165, 1.54) is 0 Å². The molecule has 0 radical (unpaired) electrons. The SMILES string of the molecule is CCOC(=O)[C@]1(c2ccccc2)CCC=C[C@H]1N(C)C.O=C(O)CC(O)(CC(=O)O)C(=O)O. The van der Waals surface area contributed by atoms with Gasteiger partial charge in [-0.05, 0) is 39.4 Å². The minimum absolute atomic E-state index is 0.0256. The molecule has 0 aliphatic heterocycles. The third-order valence-corrected chi connectivity index (χ3v) is 5.30. The van der Waals surface area contributed by atoms with Gasteiger partial charge < -0.3 is 30.1 Å². The zero-order valence-corrected chi connectivity index (χ0v) is 18.9. The molecule has 1 aliphatic carbocycles. The van der Waals surface area contributed by atoms with Crippen LogP contribution in [0, 0.1) is 0 Å².